The highest BCUT2D eigenvalue weighted by molar-refractivity contribution is 7.98. The second kappa shape index (κ2) is 5.67. The van der Waals surface area contributed by atoms with Crippen LogP contribution in [-0.4, -0.2) is 19.3 Å². The van der Waals surface area contributed by atoms with Gasteiger partial charge in [0.05, 0.1) is 12.8 Å². The summed E-state index contributed by atoms with van der Waals surface area (Å²) in [6, 6.07) is 8.22. The Morgan fingerprint density at radius 1 is 1.32 bits per heavy atom. The van der Waals surface area contributed by atoms with Crippen molar-refractivity contribution in [1.82, 2.24) is 0 Å². The summed E-state index contributed by atoms with van der Waals surface area (Å²) in [5, 5.41) is 0. The highest BCUT2D eigenvalue weighted by Gasteiger charge is 2.19. The Morgan fingerprint density at radius 3 is 2.47 bits per heavy atom. The molecule has 0 unspecified atom stereocenters. The molecule has 100 valence electrons. The zero-order valence-electron chi connectivity index (χ0n) is 11.0. The highest BCUT2D eigenvalue weighted by atomic mass is 32.2. The third kappa shape index (κ3) is 2.62. The molecule has 0 saturated carbocycles. The fraction of sp³-hybridized carbons (Fsp3) is 0.214. The van der Waals surface area contributed by atoms with Crippen molar-refractivity contribution in [3.63, 3.8) is 0 Å². The maximum atomic E-state index is 11.6. The first-order valence-electron chi connectivity index (χ1n) is 5.70. The molecule has 0 bridgehead atoms. The standard InChI is InChI=1S/C14H15NO2S2/c1-8-11(15)13(14(16)17-2)19-12(8)9-4-6-10(18-3)7-5-9/h4-7H,15H2,1-3H3. The van der Waals surface area contributed by atoms with E-state index in [-0.39, 0.29) is 5.97 Å². The number of hydrogen-bond donors (Lipinski definition) is 1. The number of rotatable bonds is 3. The molecule has 0 aliphatic carbocycles. The minimum atomic E-state index is -0.377. The summed E-state index contributed by atoms with van der Waals surface area (Å²) in [6.45, 7) is 1.93. The zero-order valence-corrected chi connectivity index (χ0v) is 12.7. The normalized spacial score (nSPS) is 10.5. The molecule has 1 aromatic heterocycles. The Bertz CT molecular complexity index is 603. The summed E-state index contributed by atoms with van der Waals surface area (Å²) in [7, 11) is 1.36. The topological polar surface area (TPSA) is 52.3 Å². The molecule has 0 amide bonds. The molecule has 5 heteroatoms. The molecule has 0 spiro atoms. The molecule has 1 aromatic carbocycles. The van der Waals surface area contributed by atoms with E-state index in [1.807, 2.05) is 25.3 Å². The Hall–Kier alpha value is -1.46. The number of esters is 1. The highest BCUT2D eigenvalue weighted by Crippen LogP contribution is 2.38. The molecule has 0 aliphatic rings. The van der Waals surface area contributed by atoms with E-state index in [1.54, 1.807) is 11.8 Å². The first-order valence-corrected chi connectivity index (χ1v) is 7.74. The van der Waals surface area contributed by atoms with E-state index < -0.39 is 0 Å². The molecule has 1 heterocycles. The summed E-state index contributed by atoms with van der Waals surface area (Å²) in [4.78, 5) is 14.3. The number of ether oxygens (including phenoxy) is 1. The van der Waals surface area contributed by atoms with E-state index in [2.05, 4.69) is 12.1 Å². The van der Waals surface area contributed by atoms with E-state index >= 15 is 0 Å². The lowest BCUT2D eigenvalue weighted by Gasteiger charge is -2.01. The molecule has 0 aliphatic heterocycles. The summed E-state index contributed by atoms with van der Waals surface area (Å²) < 4.78 is 4.75. The molecule has 0 atom stereocenters. The number of hydrogen-bond acceptors (Lipinski definition) is 5. The summed E-state index contributed by atoms with van der Waals surface area (Å²) in [5.41, 5.74) is 8.50. The van der Waals surface area contributed by atoms with Crippen LogP contribution >= 0.6 is 23.1 Å². The molecule has 0 radical (unpaired) electrons. The van der Waals surface area contributed by atoms with Crippen LogP contribution in [0.15, 0.2) is 29.2 Å². The fourth-order valence-electron chi connectivity index (χ4n) is 1.79. The van der Waals surface area contributed by atoms with Crippen LogP contribution in [0.25, 0.3) is 10.4 Å². The number of nitrogens with two attached hydrogens (primary N) is 1. The predicted molar refractivity (Wildman–Crippen MR) is 82.0 cm³/mol. The van der Waals surface area contributed by atoms with Gasteiger partial charge in [-0.25, -0.2) is 4.79 Å². The monoisotopic (exact) mass is 293 g/mol. The molecular weight excluding hydrogens is 278 g/mol. The second-order valence-corrected chi connectivity index (χ2v) is 5.92. The SMILES string of the molecule is COC(=O)c1sc(-c2ccc(SC)cc2)c(C)c1N. The van der Waals surface area contributed by atoms with Gasteiger partial charge in [-0.2, -0.15) is 0 Å². The van der Waals surface area contributed by atoms with Gasteiger partial charge in [0, 0.05) is 9.77 Å². The van der Waals surface area contributed by atoms with Crippen molar-refractivity contribution >= 4 is 34.8 Å². The lowest BCUT2D eigenvalue weighted by molar-refractivity contribution is 0.0607. The lowest BCUT2D eigenvalue weighted by atomic mass is 10.1. The van der Waals surface area contributed by atoms with E-state index in [9.17, 15) is 4.79 Å². The van der Waals surface area contributed by atoms with Crippen LogP contribution in [0.2, 0.25) is 0 Å². The Labute approximate surface area is 120 Å². The Morgan fingerprint density at radius 2 is 1.95 bits per heavy atom. The van der Waals surface area contributed by atoms with Crippen LogP contribution in [0.3, 0.4) is 0 Å². The number of anilines is 1. The Balaban J connectivity index is 2.47. The predicted octanol–water partition coefficient (Wildman–Crippen LogP) is 3.81. The van der Waals surface area contributed by atoms with Crippen molar-refractivity contribution in [2.45, 2.75) is 11.8 Å². The number of nitrogen functional groups attached to an aromatic ring is 1. The molecular formula is C14H15NO2S2. The fourth-order valence-corrected chi connectivity index (χ4v) is 3.35. The summed E-state index contributed by atoms with van der Waals surface area (Å²) in [5.74, 6) is -0.377. The number of carbonyl (C=O) groups excluding carboxylic acids is 1. The van der Waals surface area contributed by atoms with Gasteiger partial charge in [-0.15, -0.1) is 23.1 Å². The van der Waals surface area contributed by atoms with Crippen LogP contribution in [0.5, 0.6) is 0 Å². The van der Waals surface area contributed by atoms with Gasteiger partial charge < -0.3 is 10.5 Å². The quantitative estimate of drug-likeness (QED) is 0.690. The van der Waals surface area contributed by atoms with Gasteiger partial charge in [0.1, 0.15) is 4.88 Å². The number of carbonyl (C=O) groups is 1. The number of thiophene rings is 1. The third-order valence-electron chi connectivity index (χ3n) is 2.92. The van der Waals surface area contributed by atoms with Crippen molar-refractivity contribution in [2.24, 2.45) is 0 Å². The van der Waals surface area contributed by atoms with Crippen molar-refractivity contribution in [3.05, 3.63) is 34.7 Å². The van der Waals surface area contributed by atoms with Crippen LogP contribution in [0.4, 0.5) is 5.69 Å². The minimum Gasteiger partial charge on any atom is -0.465 e. The van der Waals surface area contributed by atoms with Crippen molar-refractivity contribution in [3.8, 4) is 10.4 Å². The summed E-state index contributed by atoms with van der Waals surface area (Å²) >= 11 is 3.08. The van der Waals surface area contributed by atoms with E-state index in [1.165, 1.54) is 23.3 Å². The summed E-state index contributed by atoms with van der Waals surface area (Å²) in [6.07, 6.45) is 2.04. The van der Waals surface area contributed by atoms with Crippen LogP contribution in [-0.2, 0) is 4.74 Å². The molecule has 2 rings (SSSR count). The largest absolute Gasteiger partial charge is 0.465 e. The molecule has 19 heavy (non-hydrogen) atoms. The van der Waals surface area contributed by atoms with Gasteiger partial charge in [0.15, 0.2) is 0 Å². The molecule has 0 fully saturated rings. The van der Waals surface area contributed by atoms with Gasteiger partial charge in [-0.1, -0.05) is 12.1 Å². The zero-order chi connectivity index (χ0) is 14.0. The minimum absolute atomic E-state index is 0.377. The van der Waals surface area contributed by atoms with Crippen LogP contribution in [0.1, 0.15) is 15.2 Å². The van der Waals surface area contributed by atoms with Gasteiger partial charge in [0.25, 0.3) is 0 Å². The molecule has 0 saturated heterocycles. The average Bonchev–Trinajstić information content (AvgIpc) is 2.75. The van der Waals surface area contributed by atoms with Crippen LogP contribution < -0.4 is 5.73 Å². The van der Waals surface area contributed by atoms with Crippen molar-refractivity contribution in [1.29, 1.82) is 0 Å². The third-order valence-corrected chi connectivity index (χ3v) is 5.00. The van der Waals surface area contributed by atoms with Crippen molar-refractivity contribution in [2.75, 3.05) is 19.1 Å². The molecule has 2 N–H and O–H groups in total. The van der Waals surface area contributed by atoms with Gasteiger partial charge >= 0.3 is 5.97 Å². The number of thioether (sulfide) groups is 1. The first-order chi connectivity index (χ1) is 9.08. The molecule has 2 aromatic rings. The number of methoxy groups -OCH3 is 1. The van der Waals surface area contributed by atoms with E-state index in [0.717, 1.165) is 16.0 Å². The van der Waals surface area contributed by atoms with Gasteiger partial charge in [-0.05, 0) is 36.4 Å². The first kappa shape index (κ1) is 14.0. The maximum absolute atomic E-state index is 11.6. The average molecular weight is 293 g/mol. The molecule has 3 nitrogen and oxygen atoms in total. The van der Waals surface area contributed by atoms with Gasteiger partial charge in [0.2, 0.25) is 0 Å². The van der Waals surface area contributed by atoms with Crippen molar-refractivity contribution < 1.29 is 9.53 Å². The smallest absolute Gasteiger partial charge is 0.350 e. The van der Waals surface area contributed by atoms with E-state index in [0.29, 0.717) is 10.6 Å². The van der Waals surface area contributed by atoms with Crippen LogP contribution in [0, 0.1) is 6.92 Å². The van der Waals surface area contributed by atoms with E-state index in [4.69, 9.17) is 10.5 Å². The van der Waals surface area contributed by atoms with Gasteiger partial charge in [-0.3, -0.25) is 0 Å². The lowest BCUT2D eigenvalue weighted by Crippen LogP contribution is -2.01. The maximum Gasteiger partial charge on any atom is 0.350 e. The Kier molecular flexibility index (Phi) is 4.17. The second-order valence-electron chi connectivity index (χ2n) is 4.02. The number of benzene rings is 1.